The van der Waals surface area contributed by atoms with Crippen molar-refractivity contribution in [2.75, 3.05) is 6.54 Å². The van der Waals surface area contributed by atoms with E-state index in [1.807, 2.05) is 0 Å². The molecular formula is C11H12BrN3. The maximum Gasteiger partial charge on any atom is 0.137 e. The van der Waals surface area contributed by atoms with Crippen LogP contribution in [0.3, 0.4) is 0 Å². The molecule has 15 heavy (non-hydrogen) atoms. The molecule has 0 bridgehead atoms. The monoisotopic (exact) mass is 265 g/mol. The lowest BCUT2D eigenvalue weighted by molar-refractivity contribution is 0.621. The molecule has 0 spiro atoms. The molecule has 3 nitrogen and oxygen atoms in total. The van der Waals surface area contributed by atoms with Gasteiger partial charge in [0.2, 0.25) is 0 Å². The van der Waals surface area contributed by atoms with Crippen molar-refractivity contribution in [2.45, 2.75) is 19.9 Å². The lowest BCUT2D eigenvalue weighted by Gasteiger charge is -2.12. The van der Waals surface area contributed by atoms with Gasteiger partial charge < -0.3 is 9.72 Å². The largest absolute Gasteiger partial charge is 0.311 e. The van der Waals surface area contributed by atoms with E-state index in [1.165, 1.54) is 17.0 Å². The van der Waals surface area contributed by atoms with Gasteiger partial charge in [-0.2, -0.15) is 0 Å². The zero-order valence-corrected chi connectivity index (χ0v) is 10.1. The molecule has 0 radical (unpaired) electrons. The molecule has 1 aliphatic heterocycles. The van der Waals surface area contributed by atoms with Crippen LogP contribution in [0.2, 0.25) is 0 Å². The maximum absolute atomic E-state index is 4.66. The van der Waals surface area contributed by atoms with Crippen molar-refractivity contribution in [3.8, 4) is 0 Å². The molecular weight excluding hydrogens is 254 g/mol. The normalized spacial score (nSPS) is 15.6. The van der Waals surface area contributed by atoms with E-state index in [0.717, 1.165) is 29.6 Å². The first-order chi connectivity index (χ1) is 7.25. The molecule has 1 aliphatic rings. The molecule has 2 aromatic heterocycles. The molecule has 0 aromatic carbocycles. The van der Waals surface area contributed by atoms with Crippen molar-refractivity contribution < 1.29 is 0 Å². The molecule has 0 fully saturated rings. The van der Waals surface area contributed by atoms with Crippen molar-refractivity contribution in [3.05, 3.63) is 33.7 Å². The standard InChI is InChI=1S/C11H12BrN3/c1-7-4-11-14-9-2-3-13-5-10(9)15(11)6-8(7)12/h4,6,13H,2-3,5H2,1H3. The van der Waals surface area contributed by atoms with Gasteiger partial charge in [-0.3, -0.25) is 0 Å². The van der Waals surface area contributed by atoms with Crippen LogP contribution in [0.25, 0.3) is 5.65 Å². The number of hydrogen-bond acceptors (Lipinski definition) is 2. The fourth-order valence-electron chi connectivity index (χ4n) is 2.06. The summed E-state index contributed by atoms with van der Waals surface area (Å²) in [5.74, 6) is 0. The van der Waals surface area contributed by atoms with E-state index < -0.39 is 0 Å². The molecule has 0 saturated carbocycles. The summed E-state index contributed by atoms with van der Waals surface area (Å²) < 4.78 is 3.32. The number of nitrogens with one attached hydrogen (secondary N) is 1. The molecule has 0 saturated heterocycles. The summed E-state index contributed by atoms with van der Waals surface area (Å²) in [7, 11) is 0. The summed E-state index contributed by atoms with van der Waals surface area (Å²) in [6.45, 7) is 4.05. The molecule has 0 amide bonds. The van der Waals surface area contributed by atoms with Gasteiger partial charge >= 0.3 is 0 Å². The van der Waals surface area contributed by atoms with Crippen LogP contribution in [0.1, 0.15) is 17.0 Å². The first-order valence-corrected chi connectivity index (χ1v) is 5.91. The predicted molar refractivity (Wildman–Crippen MR) is 63.0 cm³/mol. The van der Waals surface area contributed by atoms with E-state index in [4.69, 9.17) is 0 Å². The molecule has 0 unspecified atom stereocenters. The first-order valence-electron chi connectivity index (χ1n) is 5.12. The van der Waals surface area contributed by atoms with Crippen LogP contribution < -0.4 is 5.32 Å². The van der Waals surface area contributed by atoms with Crippen molar-refractivity contribution >= 4 is 21.6 Å². The van der Waals surface area contributed by atoms with E-state index in [0.29, 0.717) is 0 Å². The zero-order chi connectivity index (χ0) is 10.4. The van der Waals surface area contributed by atoms with Crippen molar-refractivity contribution in [2.24, 2.45) is 0 Å². The van der Waals surface area contributed by atoms with Gasteiger partial charge in [-0.25, -0.2) is 4.98 Å². The van der Waals surface area contributed by atoms with E-state index in [1.54, 1.807) is 0 Å². The average molecular weight is 266 g/mol. The summed E-state index contributed by atoms with van der Waals surface area (Å²) in [4.78, 5) is 4.66. The maximum atomic E-state index is 4.66. The second-order valence-electron chi connectivity index (χ2n) is 3.96. The van der Waals surface area contributed by atoms with Gasteiger partial charge in [0.1, 0.15) is 5.65 Å². The fraction of sp³-hybridized carbons (Fsp3) is 0.364. The van der Waals surface area contributed by atoms with Crippen LogP contribution in [-0.4, -0.2) is 15.9 Å². The smallest absolute Gasteiger partial charge is 0.137 e. The number of hydrogen-bond donors (Lipinski definition) is 1. The third-order valence-electron chi connectivity index (χ3n) is 2.92. The van der Waals surface area contributed by atoms with Crippen molar-refractivity contribution in [1.82, 2.24) is 14.7 Å². The second kappa shape index (κ2) is 3.32. The van der Waals surface area contributed by atoms with E-state index in [-0.39, 0.29) is 0 Å². The van der Waals surface area contributed by atoms with E-state index in [9.17, 15) is 0 Å². The topological polar surface area (TPSA) is 29.3 Å². The predicted octanol–water partition coefficient (Wildman–Crippen LogP) is 2.05. The Balaban J connectivity index is 2.33. The minimum absolute atomic E-state index is 0.923. The number of pyridine rings is 1. The molecule has 3 heterocycles. The molecule has 78 valence electrons. The molecule has 4 heteroatoms. The third-order valence-corrected chi connectivity index (χ3v) is 3.75. The van der Waals surface area contributed by atoms with Crippen LogP contribution in [0.5, 0.6) is 0 Å². The van der Waals surface area contributed by atoms with Gasteiger partial charge in [0.05, 0.1) is 11.4 Å². The highest BCUT2D eigenvalue weighted by Crippen LogP contribution is 2.22. The number of imidazole rings is 1. The van der Waals surface area contributed by atoms with Crippen LogP contribution in [0, 0.1) is 6.92 Å². The van der Waals surface area contributed by atoms with Gasteiger partial charge in [0.15, 0.2) is 0 Å². The van der Waals surface area contributed by atoms with Gasteiger partial charge in [-0.1, -0.05) is 0 Å². The number of nitrogens with zero attached hydrogens (tertiary/aromatic N) is 2. The van der Waals surface area contributed by atoms with Crippen LogP contribution >= 0.6 is 15.9 Å². The molecule has 0 atom stereocenters. The number of rotatable bonds is 0. The zero-order valence-electron chi connectivity index (χ0n) is 8.55. The molecule has 3 rings (SSSR count). The Morgan fingerprint density at radius 2 is 2.40 bits per heavy atom. The Morgan fingerprint density at radius 1 is 1.53 bits per heavy atom. The van der Waals surface area contributed by atoms with Gasteiger partial charge in [-0.15, -0.1) is 0 Å². The Bertz CT molecular complexity index is 530. The van der Waals surface area contributed by atoms with Crippen LogP contribution in [0.15, 0.2) is 16.7 Å². The highest BCUT2D eigenvalue weighted by molar-refractivity contribution is 9.10. The Morgan fingerprint density at radius 3 is 3.27 bits per heavy atom. The van der Waals surface area contributed by atoms with Crippen molar-refractivity contribution in [1.29, 1.82) is 0 Å². The molecule has 2 aromatic rings. The van der Waals surface area contributed by atoms with Crippen LogP contribution in [-0.2, 0) is 13.0 Å². The summed E-state index contributed by atoms with van der Waals surface area (Å²) in [5.41, 5.74) is 4.84. The first kappa shape index (κ1) is 9.36. The van der Waals surface area contributed by atoms with Crippen molar-refractivity contribution in [3.63, 3.8) is 0 Å². The quantitative estimate of drug-likeness (QED) is 0.790. The van der Waals surface area contributed by atoms with E-state index >= 15 is 0 Å². The minimum atomic E-state index is 0.923. The summed E-state index contributed by atoms with van der Waals surface area (Å²) in [5, 5.41) is 3.38. The van der Waals surface area contributed by atoms with Gasteiger partial charge in [-0.05, 0) is 34.5 Å². The minimum Gasteiger partial charge on any atom is -0.311 e. The second-order valence-corrected chi connectivity index (χ2v) is 4.82. The van der Waals surface area contributed by atoms with Gasteiger partial charge in [0.25, 0.3) is 0 Å². The van der Waals surface area contributed by atoms with Gasteiger partial charge in [0, 0.05) is 30.2 Å². The van der Waals surface area contributed by atoms with Crippen LogP contribution in [0.4, 0.5) is 0 Å². The average Bonchev–Trinajstić information content (AvgIpc) is 2.57. The third kappa shape index (κ3) is 1.40. The summed E-state index contributed by atoms with van der Waals surface area (Å²) in [6.07, 6.45) is 3.15. The Labute approximate surface area is 96.6 Å². The number of aryl methyl sites for hydroxylation is 1. The highest BCUT2D eigenvalue weighted by atomic mass is 79.9. The molecule has 0 aliphatic carbocycles. The SMILES string of the molecule is Cc1cc2nc3c(n2cc1Br)CNCC3. The number of halogens is 1. The van der Waals surface area contributed by atoms with E-state index in [2.05, 4.69) is 49.8 Å². The molecule has 1 N–H and O–H groups in total. The fourth-order valence-corrected chi connectivity index (χ4v) is 2.38. The lowest BCUT2D eigenvalue weighted by Crippen LogP contribution is -2.24. The Hall–Kier alpha value is -0.870. The highest BCUT2D eigenvalue weighted by Gasteiger charge is 2.15. The Kier molecular flexibility index (Phi) is 2.07. The number of fused-ring (bicyclic) bond motifs is 3. The lowest BCUT2D eigenvalue weighted by atomic mass is 10.2. The summed E-state index contributed by atoms with van der Waals surface area (Å²) >= 11 is 3.56. The summed E-state index contributed by atoms with van der Waals surface area (Å²) in [6, 6.07) is 2.13. The number of aromatic nitrogens is 2.